The summed E-state index contributed by atoms with van der Waals surface area (Å²) < 4.78 is 1.31. The van der Waals surface area contributed by atoms with Crippen LogP contribution in [0.1, 0.15) is 124 Å². The lowest BCUT2D eigenvalue weighted by molar-refractivity contribution is -0.924. The lowest BCUT2D eigenvalue weighted by Gasteiger charge is -2.39. The van der Waals surface area contributed by atoms with E-state index in [2.05, 4.69) is 34.3 Å². The fourth-order valence-corrected chi connectivity index (χ4v) is 4.24. The second-order valence-electron chi connectivity index (χ2n) is 8.87. The Bertz CT molecular complexity index is 299. The van der Waals surface area contributed by atoms with Gasteiger partial charge in [-0.2, -0.15) is 0 Å². The highest BCUT2D eigenvalue weighted by Gasteiger charge is 2.25. The zero-order valence-electron chi connectivity index (χ0n) is 19.1. The van der Waals surface area contributed by atoms with E-state index in [1.165, 1.54) is 133 Å². The van der Waals surface area contributed by atoms with Crippen molar-refractivity contribution in [1.82, 2.24) is 0 Å². The Balaban J connectivity index is 4.01. The molecule has 0 unspecified atom stereocenters. The molecule has 156 valence electrons. The summed E-state index contributed by atoms with van der Waals surface area (Å²) in [7, 11) is 0. The van der Waals surface area contributed by atoms with Crippen molar-refractivity contribution in [3.8, 4) is 0 Å². The molecule has 0 aliphatic rings. The van der Waals surface area contributed by atoms with E-state index in [9.17, 15) is 0 Å². The van der Waals surface area contributed by atoms with Crippen LogP contribution in [0.2, 0.25) is 0 Å². The number of rotatable bonds is 20. The molecule has 0 saturated heterocycles. The van der Waals surface area contributed by atoms with Gasteiger partial charge in [0.1, 0.15) is 0 Å². The molecule has 0 bridgehead atoms. The normalized spacial score (nSPS) is 11.8. The number of unbranched alkanes of at least 4 members (excludes halogenated alkanes) is 12. The fraction of sp³-hybridized carbons (Fsp3) is 0.920. The Labute approximate surface area is 167 Å². The smallest absolute Gasteiger partial charge is 0.0998 e. The van der Waals surface area contributed by atoms with E-state index in [0.29, 0.717) is 0 Å². The van der Waals surface area contributed by atoms with E-state index >= 15 is 0 Å². The van der Waals surface area contributed by atoms with Crippen molar-refractivity contribution in [2.75, 3.05) is 26.2 Å². The summed E-state index contributed by atoms with van der Waals surface area (Å²) >= 11 is 0. The molecule has 0 aliphatic carbocycles. The van der Waals surface area contributed by atoms with Gasteiger partial charge in [0.15, 0.2) is 0 Å². The molecule has 0 saturated carbocycles. The van der Waals surface area contributed by atoms with Gasteiger partial charge in [0.25, 0.3) is 0 Å². The molecule has 0 rings (SSSR count). The van der Waals surface area contributed by atoms with Crippen LogP contribution in [0.4, 0.5) is 0 Å². The first-order valence-electron chi connectivity index (χ1n) is 12.1. The van der Waals surface area contributed by atoms with E-state index in [4.69, 9.17) is 0 Å². The van der Waals surface area contributed by atoms with Gasteiger partial charge in [-0.05, 0) is 38.2 Å². The molecular weight excluding hydrogens is 314 g/mol. The zero-order valence-corrected chi connectivity index (χ0v) is 19.1. The molecular formula is C25H52N+. The van der Waals surface area contributed by atoms with Gasteiger partial charge in [0, 0.05) is 0 Å². The van der Waals surface area contributed by atoms with Crippen LogP contribution >= 0.6 is 0 Å². The zero-order chi connectivity index (χ0) is 19.5. The van der Waals surface area contributed by atoms with E-state index in [0.717, 1.165) is 0 Å². The minimum atomic E-state index is 1.21. The number of nitrogens with zero attached hydrogens (tertiary/aromatic N) is 1. The van der Waals surface area contributed by atoms with Gasteiger partial charge in [-0.3, -0.25) is 0 Å². The highest BCUT2D eigenvalue weighted by atomic mass is 15.3. The predicted octanol–water partition coefficient (Wildman–Crippen LogP) is 8.29. The van der Waals surface area contributed by atoms with Crippen LogP contribution in [0, 0.1) is 0 Å². The Morgan fingerprint density at radius 2 is 0.885 bits per heavy atom. The molecule has 0 N–H and O–H groups in total. The minimum Gasteiger partial charge on any atom is -0.320 e. The maximum Gasteiger partial charge on any atom is 0.0998 e. The lowest BCUT2D eigenvalue weighted by Crippen LogP contribution is -2.51. The summed E-state index contributed by atoms with van der Waals surface area (Å²) in [5.41, 5.74) is 1.38. The number of hydrogen-bond acceptors (Lipinski definition) is 0. The summed E-state index contributed by atoms with van der Waals surface area (Å²) in [5.74, 6) is 0. The van der Waals surface area contributed by atoms with Gasteiger partial charge < -0.3 is 4.48 Å². The standard InChI is InChI=1S/C25H52N/c1-6-9-12-13-14-15-16-17-18-19-20-23-26(21-10-7-2,22-11-8-3)24-25(4)5/h4,6-24H2,1-3,5H3/q+1. The third kappa shape index (κ3) is 14.8. The molecule has 0 atom stereocenters. The minimum absolute atomic E-state index is 1.21. The highest BCUT2D eigenvalue weighted by molar-refractivity contribution is 4.88. The van der Waals surface area contributed by atoms with Crippen molar-refractivity contribution < 1.29 is 4.48 Å². The van der Waals surface area contributed by atoms with Gasteiger partial charge >= 0.3 is 0 Å². The molecule has 26 heavy (non-hydrogen) atoms. The molecule has 0 aromatic carbocycles. The van der Waals surface area contributed by atoms with Crippen LogP contribution in [-0.2, 0) is 0 Å². The summed E-state index contributed by atoms with van der Waals surface area (Å²) in [6.45, 7) is 18.7. The third-order valence-electron chi connectivity index (χ3n) is 5.81. The van der Waals surface area contributed by atoms with Crippen LogP contribution < -0.4 is 0 Å². The van der Waals surface area contributed by atoms with Gasteiger partial charge in [-0.15, -0.1) is 0 Å². The van der Waals surface area contributed by atoms with Crippen LogP contribution in [0.3, 0.4) is 0 Å². The lowest BCUT2D eigenvalue weighted by atomic mass is 10.0. The monoisotopic (exact) mass is 366 g/mol. The molecule has 0 aromatic heterocycles. The molecule has 0 fully saturated rings. The number of hydrogen-bond donors (Lipinski definition) is 0. The summed E-state index contributed by atoms with van der Waals surface area (Å²) in [4.78, 5) is 0. The van der Waals surface area contributed by atoms with E-state index < -0.39 is 0 Å². The van der Waals surface area contributed by atoms with E-state index in [-0.39, 0.29) is 0 Å². The van der Waals surface area contributed by atoms with Crippen LogP contribution in [0.25, 0.3) is 0 Å². The molecule has 1 nitrogen and oxygen atoms in total. The van der Waals surface area contributed by atoms with Crippen molar-refractivity contribution in [3.63, 3.8) is 0 Å². The van der Waals surface area contributed by atoms with Gasteiger partial charge in [0.2, 0.25) is 0 Å². The van der Waals surface area contributed by atoms with E-state index in [1.807, 2.05) is 0 Å². The van der Waals surface area contributed by atoms with Crippen molar-refractivity contribution in [1.29, 1.82) is 0 Å². The Kier molecular flexibility index (Phi) is 17.9. The fourth-order valence-electron chi connectivity index (χ4n) is 4.24. The predicted molar refractivity (Wildman–Crippen MR) is 121 cm³/mol. The maximum atomic E-state index is 4.25. The van der Waals surface area contributed by atoms with Crippen LogP contribution in [0.15, 0.2) is 12.2 Å². The SMILES string of the molecule is C=C(C)C[N+](CCCC)(CCCC)CCCCCCCCCCCCC. The molecule has 0 aromatic rings. The molecule has 0 radical (unpaired) electrons. The van der Waals surface area contributed by atoms with Gasteiger partial charge in [0.05, 0.1) is 26.2 Å². The van der Waals surface area contributed by atoms with Crippen molar-refractivity contribution in [2.24, 2.45) is 0 Å². The summed E-state index contributed by atoms with van der Waals surface area (Å²) in [6, 6.07) is 0. The first kappa shape index (κ1) is 25.7. The second kappa shape index (κ2) is 18.1. The van der Waals surface area contributed by atoms with Crippen LogP contribution in [-0.4, -0.2) is 30.7 Å². The first-order chi connectivity index (χ1) is 12.6. The topological polar surface area (TPSA) is 0 Å². The quantitative estimate of drug-likeness (QED) is 0.115. The maximum absolute atomic E-state index is 4.25. The number of quaternary nitrogens is 1. The second-order valence-corrected chi connectivity index (χ2v) is 8.87. The van der Waals surface area contributed by atoms with Gasteiger partial charge in [-0.25, -0.2) is 0 Å². The average Bonchev–Trinajstić information content (AvgIpc) is 2.62. The Morgan fingerprint density at radius 3 is 1.27 bits per heavy atom. The molecule has 0 amide bonds. The highest BCUT2D eigenvalue weighted by Crippen LogP contribution is 2.18. The van der Waals surface area contributed by atoms with Crippen molar-refractivity contribution >= 4 is 0 Å². The Hall–Kier alpha value is -0.300. The third-order valence-corrected chi connectivity index (χ3v) is 5.81. The molecule has 0 heterocycles. The molecule has 1 heteroatoms. The largest absolute Gasteiger partial charge is 0.320 e. The van der Waals surface area contributed by atoms with Crippen molar-refractivity contribution in [2.45, 2.75) is 124 Å². The van der Waals surface area contributed by atoms with Crippen LogP contribution in [0.5, 0.6) is 0 Å². The van der Waals surface area contributed by atoms with Crippen molar-refractivity contribution in [3.05, 3.63) is 12.2 Å². The molecule has 0 spiro atoms. The Morgan fingerprint density at radius 1 is 0.538 bits per heavy atom. The van der Waals surface area contributed by atoms with E-state index in [1.54, 1.807) is 0 Å². The van der Waals surface area contributed by atoms with Gasteiger partial charge in [-0.1, -0.05) is 98.0 Å². The molecule has 0 aliphatic heterocycles. The first-order valence-corrected chi connectivity index (χ1v) is 12.1. The summed E-state index contributed by atoms with van der Waals surface area (Å²) in [5, 5.41) is 0. The average molecular weight is 367 g/mol. The summed E-state index contributed by atoms with van der Waals surface area (Å²) in [6.07, 6.45) is 21.2.